The highest BCUT2D eigenvalue weighted by molar-refractivity contribution is 4.74. The van der Waals surface area contributed by atoms with E-state index in [0.29, 0.717) is 0 Å². The van der Waals surface area contributed by atoms with Gasteiger partial charge < -0.3 is 9.84 Å². The van der Waals surface area contributed by atoms with Gasteiger partial charge in [0.15, 0.2) is 0 Å². The van der Waals surface area contributed by atoms with Gasteiger partial charge in [-0.1, -0.05) is 12.2 Å². The molecule has 48 valence electrons. The zero-order valence-corrected chi connectivity index (χ0v) is 5.13. The molecule has 1 fully saturated rings. The van der Waals surface area contributed by atoms with E-state index >= 15 is 0 Å². The van der Waals surface area contributed by atoms with E-state index in [-0.39, 0.29) is 6.61 Å². The first kappa shape index (κ1) is 7.66. The predicted octanol–water partition coefficient (Wildman–Crippen LogP) is 0.571. The van der Waals surface area contributed by atoms with Gasteiger partial charge in [-0.3, -0.25) is 0 Å². The predicted molar refractivity (Wildman–Crippen MR) is 32.7 cm³/mol. The quantitative estimate of drug-likeness (QED) is 0.401. The Bertz CT molecular complexity index is 54.8. The molecule has 1 aliphatic rings. The van der Waals surface area contributed by atoms with E-state index in [0.717, 1.165) is 13.2 Å². The molecule has 8 heavy (non-hydrogen) atoms. The molecule has 0 spiro atoms. The van der Waals surface area contributed by atoms with Crippen molar-refractivity contribution in [2.24, 2.45) is 0 Å². The van der Waals surface area contributed by atoms with Crippen LogP contribution in [-0.4, -0.2) is 24.9 Å². The van der Waals surface area contributed by atoms with Crippen molar-refractivity contribution >= 4 is 0 Å². The van der Waals surface area contributed by atoms with Crippen molar-refractivity contribution in [3.8, 4) is 0 Å². The largest absolute Gasteiger partial charge is 0.392 e. The topological polar surface area (TPSA) is 32.8 Å². The van der Waals surface area contributed by atoms with Gasteiger partial charge in [-0.15, -0.1) is 0 Å². The van der Waals surface area contributed by atoms with Gasteiger partial charge in [0, 0.05) is 0 Å². The summed E-state index contributed by atoms with van der Waals surface area (Å²) in [6, 6.07) is 0. The van der Waals surface area contributed by atoms with Crippen LogP contribution in [0.3, 0.4) is 0 Å². The van der Waals surface area contributed by atoms with Gasteiger partial charge in [0.25, 0.3) is 0 Å². The molecule has 1 N–H and O–H groups in total. The fourth-order valence-corrected chi connectivity index (χ4v) is 0.105. The fraction of sp³-hybridized carbons (Fsp3) is 0.667. The Balaban J connectivity index is 0.000000135. The summed E-state index contributed by atoms with van der Waals surface area (Å²) in [6.45, 7) is 4.03. The second kappa shape index (κ2) is 6.66. The molecule has 0 aromatic rings. The van der Waals surface area contributed by atoms with E-state index in [1.807, 2.05) is 6.92 Å². The van der Waals surface area contributed by atoms with E-state index in [9.17, 15) is 0 Å². The molecule has 1 saturated heterocycles. The number of ether oxygens (including phenoxy) is 1. The van der Waals surface area contributed by atoms with Gasteiger partial charge in [0.1, 0.15) is 0 Å². The Morgan fingerprint density at radius 1 is 1.62 bits per heavy atom. The van der Waals surface area contributed by atoms with Crippen molar-refractivity contribution in [3.63, 3.8) is 0 Å². The molecule has 0 radical (unpaired) electrons. The minimum Gasteiger partial charge on any atom is -0.392 e. The van der Waals surface area contributed by atoms with Crippen LogP contribution in [0.5, 0.6) is 0 Å². The lowest BCUT2D eigenvalue weighted by atomic mass is 10.6. The molecule has 0 bridgehead atoms. The third kappa shape index (κ3) is 17.4. The molecule has 1 aliphatic heterocycles. The normalized spacial score (nSPS) is 15.2. The lowest BCUT2D eigenvalue weighted by molar-refractivity contribution is 0.342. The van der Waals surface area contributed by atoms with Crippen LogP contribution in [-0.2, 0) is 4.74 Å². The Morgan fingerprint density at radius 3 is 2.12 bits per heavy atom. The lowest BCUT2D eigenvalue weighted by Gasteiger charge is -1.66. The minimum absolute atomic E-state index is 0.163. The number of hydrogen-bond donors (Lipinski definition) is 1. The van der Waals surface area contributed by atoms with Crippen LogP contribution in [0.25, 0.3) is 0 Å². The van der Waals surface area contributed by atoms with Crippen molar-refractivity contribution in [3.05, 3.63) is 12.2 Å². The number of aliphatic hydroxyl groups is 1. The second-order valence-corrected chi connectivity index (χ2v) is 1.36. The zero-order valence-electron chi connectivity index (χ0n) is 5.13. The van der Waals surface area contributed by atoms with E-state index in [1.54, 1.807) is 12.2 Å². The maximum Gasteiger partial charge on any atom is 0.0701 e. The maximum absolute atomic E-state index is 7.98. The number of epoxide rings is 1. The van der Waals surface area contributed by atoms with Crippen LogP contribution >= 0.6 is 0 Å². The third-order valence-corrected chi connectivity index (χ3v) is 0.545. The highest BCUT2D eigenvalue weighted by Gasteiger charge is 1.94. The van der Waals surface area contributed by atoms with Crippen molar-refractivity contribution in [2.45, 2.75) is 6.92 Å². The first-order chi connectivity index (χ1) is 3.91. The first-order valence-corrected chi connectivity index (χ1v) is 2.71. The summed E-state index contributed by atoms with van der Waals surface area (Å²) < 4.78 is 4.50. The van der Waals surface area contributed by atoms with Gasteiger partial charge in [-0.25, -0.2) is 0 Å². The average molecular weight is 116 g/mol. The molecule has 0 saturated carbocycles. The molecular weight excluding hydrogens is 104 g/mol. The Morgan fingerprint density at radius 2 is 2.12 bits per heavy atom. The van der Waals surface area contributed by atoms with Crippen LogP contribution in [0.4, 0.5) is 0 Å². The SMILES string of the molecule is C1CO1.CC=CCO. The molecule has 2 nitrogen and oxygen atoms in total. The second-order valence-electron chi connectivity index (χ2n) is 1.36. The smallest absolute Gasteiger partial charge is 0.0701 e. The Labute approximate surface area is 49.8 Å². The minimum atomic E-state index is 0.163. The van der Waals surface area contributed by atoms with Crippen molar-refractivity contribution in [1.29, 1.82) is 0 Å². The number of aliphatic hydroxyl groups excluding tert-OH is 1. The average Bonchev–Trinajstić information content (AvgIpc) is 2.50. The Hall–Kier alpha value is -0.340. The molecular formula is C6H12O2. The summed E-state index contributed by atoms with van der Waals surface area (Å²) in [5, 5.41) is 7.98. The first-order valence-electron chi connectivity index (χ1n) is 2.71. The van der Waals surface area contributed by atoms with Crippen molar-refractivity contribution < 1.29 is 9.84 Å². The molecule has 0 amide bonds. The van der Waals surface area contributed by atoms with Gasteiger partial charge in [-0.2, -0.15) is 0 Å². The molecule has 0 unspecified atom stereocenters. The van der Waals surface area contributed by atoms with Crippen LogP contribution in [0.15, 0.2) is 12.2 Å². The van der Waals surface area contributed by atoms with Crippen LogP contribution in [0.1, 0.15) is 6.92 Å². The monoisotopic (exact) mass is 116 g/mol. The van der Waals surface area contributed by atoms with E-state index in [4.69, 9.17) is 5.11 Å². The van der Waals surface area contributed by atoms with Gasteiger partial charge in [0.2, 0.25) is 0 Å². The fourth-order valence-electron chi connectivity index (χ4n) is 0.105. The zero-order chi connectivity index (χ0) is 6.24. The summed E-state index contributed by atoms with van der Waals surface area (Å²) in [7, 11) is 0. The summed E-state index contributed by atoms with van der Waals surface area (Å²) in [4.78, 5) is 0. The summed E-state index contributed by atoms with van der Waals surface area (Å²) >= 11 is 0. The van der Waals surface area contributed by atoms with Crippen molar-refractivity contribution in [2.75, 3.05) is 19.8 Å². The number of allylic oxidation sites excluding steroid dienone is 1. The molecule has 1 heterocycles. The van der Waals surface area contributed by atoms with E-state index in [2.05, 4.69) is 4.74 Å². The highest BCUT2D eigenvalue weighted by atomic mass is 16.6. The highest BCUT2D eigenvalue weighted by Crippen LogP contribution is 1.84. The van der Waals surface area contributed by atoms with Crippen molar-refractivity contribution in [1.82, 2.24) is 0 Å². The van der Waals surface area contributed by atoms with Gasteiger partial charge in [-0.05, 0) is 6.92 Å². The summed E-state index contributed by atoms with van der Waals surface area (Å²) in [5.74, 6) is 0. The standard InChI is InChI=1S/C4H8O.C2H4O/c1-2-3-4-5;1-2-3-1/h2-3,5H,4H2,1H3;1-2H2. The van der Waals surface area contributed by atoms with Gasteiger partial charge >= 0.3 is 0 Å². The van der Waals surface area contributed by atoms with Crippen LogP contribution in [0.2, 0.25) is 0 Å². The molecule has 2 heteroatoms. The van der Waals surface area contributed by atoms with E-state index < -0.39 is 0 Å². The van der Waals surface area contributed by atoms with E-state index in [1.165, 1.54) is 0 Å². The van der Waals surface area contributed by atoms with Crippen LogP contribution < -0.4 is 0 Å². The summed E-state index contributed by atoms with van der Waals surface area (Å²) in [5.41, 5.74) is 0. The summed E-state index contributed by atoms with van der Waals surface area (Å²) in [6.07, 6.45) is 3.49. The third-order valence-electron chi connectivity index (χ3n) is 0.545. The lowest BCUT2D eigenvalue weighted by Crippen LogP contribution is -1.65. The maximum atomic E-state index is 7.98. The molecule has 1 rings (SSSR count). The number of rotatable bonds is 1. The number of hydrogen-bond acceptors (Lipinski definition) is 2. The molecule has 0 aliphatic carbocycles. The molecule has 0 aromatic heterocycles. The Kier molecular flexibility index (Phi) is 6.38. The van der Waals surface area contributed by atoms with Gasteiger partial charge in [0.05, 0.1) is 19.8 Å². The molecule has 0 aromatic carbocycles. The van der Waals surface area contributed by atoms with Crippen LogP contribution in [0, 0.1) is 0 Å². The molecule has 0 atom stereocenters.